The molecular formula is C19H16F2N2O3. The Hall–Kier alpha value is -3.22. The lowest BCUT2D eigenvalue weighted by atomic mass is 10.1. The van der Waals surface area contributed by atoms with Crippen LogP contribution in [0.4, 0.5) is 8.78 Å². The van der Waals surface area contributed by atoms with Crippen LogP contribution in [0.15, 0.2) is 47.0 Å². The van der Waals surface area contributed by atoms with E-state index in [0.29, 0.717) is 22.8 Å². The minimum atomic E-state index is -0.783. The third-order valence-electron chi connectivity index (χ3n) is 3.62. The quantitative estimate of drug-likeness (QED) is 0.492. The Morgan fingerprint density at radius 2 is 2.12 bits per heavy atom. The molecule has 0 bridgehead atoms. The number of rotatable bonds is 6. The summed E-state index contributed by atoms with van der Waals surface area (Å²) >= 11 is 0. The molecule has 26 heavy (non-hydrogen) atoms. The van der Waals surface area contributed by atoms with Crippen LogP contribution in [0.3, 0.4) is 0 Å². The molecule has 2 aromatic heterocycles. The van der Waals surface area contributed by atoms with Gasteiger partial charge >= 0.3 is 0 Å². The second kappa shape index (κ2) is 7.35. The number of hydrogen-bond donors (Lipinski definition) is 0. The Bertz CT molecular complexity index is 973. The van der Waals surface area contributed by atoms with E-state index in [2.05, 4.69) is 5.10 Å². The van der Waals surface area contributed by atoms with E-state index >= 15 is 0 Å². The topological polar surface area (TPSA) is 57.3 Å². The van der Waals surface area contributed by atoms with Crippen LogP contribution in [0.25, 0.3) is 6.08 Å². The highest BCUT2D eigenvalue weighted by molar-refractivity contribution is 6.07. The number of aromatic nitrogens is 2. The normalized spacial score (nSPS) is 11.2. The molecule has 0 aliphatic heterocycles. The van der Waals surface area contributed by atoms with Crippen LogP contribution in [0.2, 0.25) is 0 Å². The number of benzene rings is 1. The third-order valence-corrected chi connectivity index (χ3v) is 3.62. The fraction of sp³-hybridized carbons (Fsp3) is 0.158. The van der Waals surface area contributed by atoms with Gasteiger partial charge in [0.05, 0.1) is 11.3 Å². The predicted octanol–water partition coefficient (Wildman–Crippen LogP) is 4.07. The van der Waals surface area contributed by atoms with Gasteiger partial charge in [-0.25, -0.2) is 8.78 Å². The maximum Gasteiger partial charge on any atom is 0.189 e. The molecule has 0 spiro atoms. The second-order valence-corrected chi connectivity index (χ2v) is 5.67. The number of halogens is 2. The fourth-order valence-corrected chi connectivity index (χ4v) is 2.39. The number of aryl methyl sites for hydroxylation is 2. The maximum atomic E-state index is 13.5. The Labute approximate surface area is 148 Å². The van der Waals surface area contributed by atoms with Gasteiger partial charge < -0.3 is 9.15 Å². The van der Waals surface area contributed by atoms with Crippen LogP contribution in [-0.4, -0.2) is 15.6 Å². The average Bonchev–Trinajstić information content (AvgIpc) is 3.18. The molecular weight excluding hydrogens is 342 g/mol. The van der Waals surface area contributed by atoms with Gasteiger partial charge in [-0.3, -0.25) is 9.48 Å². The minimum Gasteiger partial charge on any atom is -0.483 e. The maximum absolute atomic E-state index is 13.5. The van der Waals surface area contributed by atoms with Crippen molar-refractivity contribution in [1.29, 1.82) is 0 Å². The Morgan fingerprint density at radius 1 is 1.31 bits per heavy atom. The van der Waals surface area contributed by atoms with Crippen molar-refractivity contribution < 1.29 is 22.7 Å². The average molecular weight is 358 g/mol. The molecule has 0 saturated carbocycles. The van der Waals surface area contributed by atoms with E-state index in [1.54, 1.807) is 37.0 Å². The highest BCUT2D eigenvalue weighted by Crippen LogP contribution is 2.20. The molecule has 1 aromatic carbocycles. The highest BCUT2D eigenvalue weighted by Gasteiger charge is 2.10. The summed E-state index contributed by atoms with van der Waals surface area (Å²) in [6.45, 7) is 1.74. The molecule has 0 saturated heterocycles. The van der Waals surface area contributed by atoms with Gasteiger partial charge in [0.25, 0.3) is 0 Å². The summed E-state index contributed by atoms with van der Waals surface area (Å²) in [7, 11) is 1.75. The summed E-state index contributed by atoms with van der Waals surface area (Å²) < 4.78 is 38.7. The lowest BCUT2D eigenvalue weighted by Crippen LogP contribution is -1.96. The molecule has 3 rings (SSSR count). The number of furan rings is 1. The van der Waals surface area contributed by atoms with Crippen LogP contribution >= 0.6 is 0 Å². The largest absolute Gasteiger partial charge is 0.483 e. The summed E-state index contributed by atoms with van der Waals surface area (Å²) in [6, 6.07) is 6.39. The van der Waals surface area contributed by atoms with Crippen LogP contribution < -0.4 is 4.74 Å². The first-order chi connectivity index (χ1) is 12.4. The summed E-state index contributed by atoms with van der Waals surface area (Å²) in [5, 5.41) is 4.12. The van der Waals surface area contributed by atoms with Crippen LogP contribution in [0.5, 0.6) is 5.75 Å². The third kappa shape index (κ3) is 4.05. The summed E-state index contributed by atoms with van der Waals surface area (Å²) in [5.41, 5.74) is 1.17. The van der Waals surface area contributed by atoms with Gasteiger partial charge in [0.15, 0.2) is 17.3 Å². The minimum absolute atomic E-state index is 0.0218. The van der Waals surface area contributed by atoms with Crippen LogP contribution in [0.1, 0.15) is 27.6 Å². The van der Waals surface area contributed by atoms with Crippen molar-refractivity contribution in [3.05, 3.63) is 77.0 Å². The molecule has 134 valence electrons. The molecule has 3 aromatic rings. The lowest BCUT2D eigenvalue weighted by molar-refractivity contribution is 0.104. The molecule has 0 aliphatic rings. The monoisotopic (exact) mass is 358 g/mol. The number of nitrogens with zero attached hydrogens (tertiary/aromatic N) is 2. The zero-order chi connectivity index (χ0) is 18.7. The van der Waals surface area contributed by atoms with Crippen LogP contribution in [-0.2, 0) is 13.7 Å². The highest BCUT2D eigenvalue weighted by atomic mass is 19.1. The van der Waals surface area contributed by atoms with E-state index in [1.807, 2.05) is 0 Å². The van der Waals surface area contributed by atoms with E-state index in [4.69, 9.17) is 9.15 Å². The molecule has 0 aliphatic carbocycles. The Kier molecular flexibility index (Phi) is 4.97. The Morgan fingerprint density at radius 3 is 2.81 bits per heavy atom. The van der Waals surface area contributed by atoms with E-state index in [1.165, 1.54) is 18.2 Å². The van der Waals surface area contributed by atoms with Gasteiger partial charge in [-0.2, -0.15) is 5.10 Å². The zero-order valence-corrected chi connectivity index (χ0v) is 14.2. The van der Waals surface area contributed by atoms with Crippen molar-refractivity contribution in [2.75, 3.05) is 0 Å². The molecule has 0 radical (unpaired) electrons. The van der Waals surface area contributed by atoms with Crippen LogP contribution in [0, 0.1) is 18.6 Å². The number of carbonyl (C=O) groups is 1. The predicted molar refractivity (Wildman–Crippen MR) is 90.7 cm³/mol. The van der Waals surface area contributed by atoms with E-state index < -0.39 is 11.6 Å². The second-order valence-electron chi connectivity index (χ2n) is 5.67. The van der Waals surface area contributed by atoms with Crippen molar-refractivity contribution in [2.24, 2.45) is 7.05 Å². The lowest BCUT2D eigenvalue weighted by Gasteiger charge is -2.05. The van der Waals surface area contributed by atoms with E-state index in [-0.39, 0.29) is 18.1 Å². The standard InChI is InChI=1S/C19H16F2N2O3/c1-12-16(10-23(2)22-12)18(24)7-6-14-4-5-15(26-14)11-25-19-8-3-13(20)9-17(19)21/h3-10H,11H2,1-2H3/b7-6+. The van der Waals surface area contributed by atoms with E-state index in [9.17, 15) is 13.6 Å². The van der Waals surface area contributed by atoms with Crippen molar-refractivity contribution in [2.45, 2.75) is 13.5 Å². The van der Waals surface area contributed by atoms with Gasteiger partial charge in [-0.1, -0.05) is 0 Å². The first-order valence-electron chi connectivity index (χ1n) is 7.81. The molecule has 0 amide bonds. The number of ketones is 1. The SMILES string of the molecule is Cc1nn(C)cc1C(=O)/C=C/c1ccc(COc2ccc(F)cc2F)o1. The Balaban J connectivity index is 1.62. The molecule has 0 fully saturated rings. The first-order valence-corrected chi connectivity index (χ1v) is 7.81. The zero-order valence-electron chi connectivity index (χ0n) is 14.2. The molecule has 0 N–H and O–H groups in total. The van der Waals surface area contributed by atoms with Crippen molar-refractivity contribution >= 4 is 11.9 Å². The van der Waals surface area contributed by atoms with Gasteiger partial charge in [0.2, 0.25) is 0 Å². The number of ether oxygens (including phenoxy) is 1. The smallest absolute Gasteiger partial charge is 0.189 e. The van der Waals surface area contributed by atoms with Crippen molar-refractivity contribution in [3.8, 4) is 5.75 Å². The number of allylic oxidation sites excluding steroid dienone is 1. The summed E-state index contributed by atoms with van der Waals surface area (Å²) in [5.74, 6) is -0.806. The van der Waals surface area contributed by atoms with Gasteiger partial charge in [-0.15, -0.1) is 0 Å². The molecule has 0 atom stereocenters. The van der Waals surface area contributed by atoms with Gasteiger partial charge in [0, 0.05) is 19.3 Å². The summed E-state index contributed by atoms with van der Waals surface area (Å²) in [6.07, 6.45) is 4.59. The molecule has 0 unspecified atom stereocenters. The van der Waals surface area contributed by atoms with Gasteiger partial charge in [0.1, 0.15) is 23.9 Å². The molecule has 7 heteroatoms. The van der Waals surface area contributed by atoms with Gasteiger partial charge in [-0.05, 0) is 43.3 Å². The first kappa shape index (κ1) is 17.6. The molecule has 2 heterocycles. The number of carbonyl (C=O) groups excluding carboxylic acids is 1. The molecule has 5 nitrogen and oxygen atoms in total. The van der Waals surface area contributed by atoms with E-state index in [0.717, 1.165) is 12.1 Å². The van der Waals surface area contributed by atoms with Crippen molar-refractivity contribution in [3.63, 3.8) is 0 Å². The number of hydrogen-bond acceptors (Lipinski definition) is 4. The fourth-order valence-electron chi connectivity index (χ4n) is 2.39. The van der Waals surface area contributed by atoms with Crippen molar-refractivity contribution in [1.82, 2.24) is 9.78 Å². The summed E-state index contributed by atoms with van der Waals surface area (Å²) in [4.78, 5) is 12.2.